The number of aromatic nitrogens is 1. The molecule has 1 aromatic heterocycles. The molecule has 1 heterocycles. The van der Waals surface area contributed by atoms with Gasteiger partial charge in [-0.3, -0.25) is 4.79 Å². The second-order valence-electron chi connectivity index (χ2n) is 8.77. The van der Waals surface area contributed by atoms with Gasteiger partial charge < -0.3 is 19.7 Å². The number of carbonyl (C=O) groups excluding carboxylic acids is 2. The molecule has 3 aromatic carbocycles. The Morgan fingerprint density at radius 3 is 2.32 bits per heavy atom. The molecule has 7 nitrogen and oxygen atoms in total. The van der Waals surface area contributed by atoms with Gasteiger partial charge in [-0.05, 0) is 42.0 Å². The van der Waals surface area contributed by atoms with E-state index < -0.39 is 12.0 Å². The third kappa shape index (κ3) is 6.97. The van der Waals surface area contributed by atoms with E-state index >= 15 is 0 Å². The zero-order valence-electron chi connectivity index (χ0n) is 21.5. The quantitative estimate of drug-likeness (QED) is 0.212. The summed E-state index contributed by atoms with van der Waals surface area (Å²) in [7, 11) is 3.33. The van der Waals surface area contributed by atoms with Crippen LogP contribution in [0.15, 0.2) is 103 Å². The van der Waals surface area contributed by atoms with Crippen molar-refractivity contribution in [3.63, 3.8) is 0 Å². The molecule has 1 N–H and O–H groups in total. The number of rotatable bonds is 12. The first-order valence-electron chi connectivity index (χ1n) is 12.4. The van der Waals surface area contributed by atoms with E-state index in [4.69, 9.17) is 9.47 Å². The van der Waals surface area contributed by atoms with Gasteiger partial charge in [-0.2, -0.15) is 0 Å². The Bertz CT molecular complexity index is 1330. The first-order chi connectivity index (χ1) is 18.5. The van der Waals surface area contributed by atoms with Gasteiger partial charge in [0.25, 0.3) is 0 Å². The highest BCUT2D eigenvalue weighted by Gasteiger charge is 2.22. The molecule has 194 valence electrons. The minimum atomic E-state index is -0.677. The summed E-state index contributed by atoms with van der Waals surface area (Å²) in [5.41, 5.74) is 2.58. The largest absolute Gasteiger partial charge is 0.492 e. The molecule has 4 aromatic rings. The van der Waals surface area contributed by atoms with E-state index in [2.05, 4.69) is 10.3 Å². The minimum Gasteiger partial charge on any atom is -0.492 e. The first-order valence-corrected chi connectivity index (χ1v) is 12.4. The number of methoxy groups -OCH3 is 1. The van der Waals surface area contributed by atoms with Crippen LogP contribution in [0.1, 0.15) is 21.5 Å². The summed E-state index contributed by atoms with van der Waals surface area (Å²) in [5, 5.41) is 3.24. The Hall–Kier alpha value is -4.65. The standard InChI is InChI=1S/C31H31N3O4/c1-34(29-14-8-9-19-32-29)20-21-38-25-17-15-23(16-18-25)22-28(31(36)37-2)33-27-13-7-6-12-26(27)30(35)24-10-4-3-5-11-24/h3-19,28,33H,20-22H2,1-2H3/t28-/m0/s1. The number of hydrogen-bond donors (Lipinski definition) is 1. The van der Waals surface area contributed by atoms with E-state index in [1.807, 2.05) is 78.7 Å². The van der Waals surface area contributed by atoms with Crippen LogP contribution in [0.2, 0.25) is 0 Å². The number of benzene rings is 3. The summed E-state index contributed by atoms with van der Waals surface area (Å²) in [5.74, 6) is 1.10. The summed E-state index contributed by atoms with van der Waals surface area (Å²) in [6.45, 7) is 1.19. The van der Waals surface area contributed by atoms with Crippen molar-refractivity contribution >= 4 is 23.3 Å². The molecule has 0 aliphatic carbocycles. The van der Waals surface area contributed by atoms with Crippen LogP contribution in [0.3, 0.4) is 0 Å². The van der Waals surface area contributed by atoms with E-state index in [0.717, 1.165) is 17.1 Å². The van der Waals surface area contributed by atoms with Gasteiger partial charge in [0.2, 0.25) is 0 Å². The van der Waals surface area contributed by atoms with Crippen LogP contribution in [0, 0.1) is 0 Å². The van der Waals surface area contributed by atoms with Crippen molar-refractivity contribution in [3.05, 3.63) is 120 Å². The number of ether oxygens (including phenoxy) is 2. The number of carbonyl (C=O) groups is 2. The molecule has 4 rings (SSSR count). The van der Waals surface area contributed by atoms with E-state index in [9.17, 15) is 9.59 Å². The highest BCUT2D eigenvalue weighted by atomic mass is 16.5. The molecule has 0 bridgehead atoms. The normalized spacial score (nSPS) is 11.3. The molecule has 38 heavy (non-hydrogen) atoms. The first kappa shape index (κ1) is 26.4. The van der Waals surface area contributed by atoms with Crippen LogP contribution >= 0.6 is 0 Å². The van der Waals surface area contributed by atoms with E-state index in [1.165, 1.54) is 7.11 Å². The number of pyridine rings is 1. The maximum atomic E-state index is 13.1. The zero-order valence-corrected chi connectivity index (χ0v) is 21.5. The molecule has 0 saturated heterocycles. The fourth-order valence-electron chi connectivity index (χ4n) is 4.03. The average molecular weight is 510 g/mol. The molecular formula is C31H31N3O4. The molecule has 0 spiro atoms. The fraction of sp³-hybridized carbons (Fsp3) is 0.194. The van der Waals surface area contributed by atoms with E-state index in [-0.39, 0.29) is 5.78 Å². The maximum Gasteiger partial charge on any atom is 0.328 e. The third-order valence-electron chi connectivity index (χ3n) is 6.12. The molecule has 0 amide bonds. The van der Waals surface area contributed by atoms with Crippen LogP contribution in [0.5, 0.6) is 5.75 Å². The average Bonchev–Trinajstić information content (AvgIpc) is 2.98. The molecule has 0 fully saturated rings. The number of likely N-dealkylation sites (N-methyl/N-ethyl adjacent to an activating group) is 1. The van der Waals surface area contributed by atoms with Crippen LogP contribution in [0.25, 0.3) is 0 Å². The van der Waals surface area contributed by atoms with Crippen molar-refractivity contribution < 1.29 is 19.1 Å². The zero-order chi connectivity index (χ0) is 26.7. The predicted octanol–water partition coefficient (Wildman–Crippen LogP) is 5.02. The summed E-state index contributed by atoms with van der Waals surface area (Å²) in [6.07, 6.45) is 2.14. The molecule has 0 aliphatic heterocycles. The lowest BCUT2D eigenvalue weighted by atomic mass is 10.00. The summed E-state index contributed by atoms with van der Waals surface area (Å²) in [4.78, 5) is 32.1. The van der Waals surface area contributed by atoms with Crippen molar-refractivity contribution in [1.29, 1.82) is 0 Å². The van der Waals surface area contributed by atoms with Gasteiger partial charge in [-0.1, -0.05) is 60.7 Å². The highest BCUT2D eigenvalue weighted by Crippen LogP contribution is 2.22. The van der Waals surface area contributed by atoms with Gasteiger partial charge >= 0.3 is 5.97 Å². The van der Waals surface area contributed by atoms with Gasteiger partial charge in [0.1, 0.15) is 24.2 Å². The predicted molar refractivity (Wildman–Crippen MR) is 149 cm³/mol. The third-order valence-corrected chi connectivity index (χ3v) is 6.12. The molecule has 0 saturated carbocycles. The minimum absolute atomic E-state index is 0.118. The van der Waals surface area contributed by atoms with Gasteiger partial charge in [0, 0.05) is 36.5 Å². The second-order valence-corrected chi connectivity index (χ2v) is 8.77. The Morgan fingerprint density at radius 2 is 1.61 bits per heavy atom. The molecule has 0 radical (unpaired) electrons. The van der Waals surface area contributed by atoms with Crippen LogP contribution < -0.4 is 15.0 Å². The molecular weight excluding hydrogens is 478 g/mol. The molecule has 1 atom stereocenters. The summed E-state index contributed by atoms with van der Waals surface area (Å²) >= 11 is 0. The smallest absolute Gasteiger partial charge is 0.328 e. The van der Waals surface area contributed by atoms with Gasteiger partial charge in [-0.25, -0.2) is 9.78 Å². The van der Waals surface area contributed by atoms with Gasteiger partial charge in [0.05, 0.1) is 13.7 Å². The van der Waals surface area contributed by atoms with Crippen molar-refractivity contribution in [3.8, 4) is 5.75 Å². The number of para-hydroxylation sites is 1. The van der Waals surface area contributed by atoms with Crippen LogP contribution in [-0.4, -0.2) is 50.1 Å². The Labute approximate surface area is 223 Å². The lowest BCUT2D eigenvalue weighted by Gasteiger charge is -2.20. The number of ketones is 1. The fourth-order valence-corrected chi connectivity index (χ4v) is 4.03. The Balaban J connectivity index is 1.40. The van der Waals surface area contributed by atoms with Crippen LogP contribution in [-0.2, 0) is 16.0 Å². The lowest BCUT2D eigenvalue weighted by Crippen LogP contribution is -2.33. The maximum absolute atomic E-state index is 13.1. The lowest BCUT2D eigenvalue weighted by molar-refractivity contribution is -0.141. The molecule has 0 aliphatic rings. The van der Waals surface area contributed by atoms with E-state index in [0.29, 0.717) is 36.4 Å². The van der Waals surface area contributed by atoms with Gasteiger partial charge in [0.15, 0.2) is 5.78 Å². The Kier molecular flexibility index (Phi) is 9.07. The highest BCUT2D eigenvalue weighted by molar-refractivity contribution is 6.12. The van der Waals surface area contributed by atoms with Crippen molar-refractivity contribution in [2.45, 2.75) is 12.5 Å². The molecule has 7 heteroatoms. The van der Waals surface area contributed by atoms with E-state index in [1.54, 1.807) is 36.5 Å². The second kappa shape index (κ2) is 13.1. The molecule has 0 unspecified atom stereocenters. The Morgan fingerprint density at radius 1 is 0.895 bits per heavy atom. The summed E-state index contributed by atoms with van der Waals surface area (Å²) < 4.78 is 10.9. The van der Waals surface area contributed by atoms with Crippen molar-refractivity contribution in [2.24, 2.45) is 0 Å². The number of esters is 1. The number of nitrogens with one attached hydrogen (secondary N) is 1. The topological polar surface area (TPSA) is 80.8 Å². The number of hydrogen-bond acceptors (Lipinski definition) is 7. The number of anilines is 2. The summed E-state index contributed by atoms with van der Waals surface area (Å²) in [6, 6.07) is 29.0. The number of nitrogens with zero attached hydrogens (tertiary/aromatic N) is 2. The SMILES string of the molecule is COC(=O)[C@H](Cc1ccc(OCCN(C)c2ccccn2)cc1)Nc1ccccc1C(=O)c1ccccc1. The monoisotopic (exact) mass is 509 g/mol. The van der Waals surface area contributed by atoms with Crippen LogP contribution in [0.4, 0.5) is 11.5 Å². The van der Waals surface area contributed by atoms with Crippen molar-refractivity contribution in [2.75, 3.05) is 37.5 Å². The van der Waals surface area contributed by atoms with Gasteiger partial charge in [-0.15, -0.1) is 0 Å². The van der Waals surface area contributed by atoms with Crippen molar-refractivity contribution in [1.82, 2.24) is 4.98 Å².